The van der Waals surface area contributed by atoms with Crippen molar-refractivity contribution in [2.45, 2.75) is 20.8 Å². The minimum absolute atomic E-state index is 0.311. The van der Waals surface area contributed by atoms with Gasteiger partial charge in [0.1, 0.15) is 17.1 Å². The lowest BCUT2D eigenvalue weighted by Gasteiger charge is -2.10. The predicted molar refractivity (Wildman–Crippen MR) is 95.3 cm³/mol. The number of rotatable bonds is 3. The molecule has 2 aromatic carbocycles. The van der Waals surface area contributed by atoms with Crippen LogP contribution < -0.4 is 15.1 Å². The molecule has 0 amide bonds. The van der Waals surface area contributed by atoms with Crippen molar-refractivity contribution in [2.24, 2.45) is 0 Å². The van der Waals surface area contributed by atoms with Crippen molar-refractivity contribution in [1.82, 2.24) is 0 Å². The minimum Gasteiger partial charge on any atom is -0.427 e. The third-order valence-corrected chi connectivity index (χ3v) is 3.81. The fraction of sp³-hybridized carbons (Fsp3) is 0.150. The maximum absolute atomic E-state index is 12.5. The molecule has 0 saturated heterocycles. The number of carbonyl (C=O) groups excluding carboxylic acids is 2. The molecular weight excluding hydrogens is 336 g/mol. The van der Waals surface area contributed by atoms with Crippen LogP contribution in [-0.4, -0.2) is 11.9 Å². The van der Waals surface area contributed by atoms with Crippen LogP contribution in [0.25, 0.3) is 22.1 Å². The van der Waals surface area contributed by atoms with E-state index in [1.807, 2.05) is 6.92 Å². The van der Waals surface area contributed by atoms with Gasteiger partial charge in [-0.3, -0.25) is 9.59 Å². The number of fused-ring (bicyclic) bond motifs is 1. The van der Waals surface area contributed by atoms with Crippen LogP contribution in [0.5, 0.6) is 11.5 Å². The Labute approximate surface area is 149 Å². The van der Waals surface area contributed by atoms with Crippen molar-refractivity contribution in [2.75, 3.05) is 0 Å². The maximum atomic E-state index is 12.5. The number of aryl methyl sites for hydroxylation is 1. The normalized spacial score (nSPS) is 10.6. The van der Waals surface area contributed by atoms with E-state index in [0.29, 0.717) is 28.2 Å². The summed E-state index contributed by atoms with van der Waals surface area (Å²) in [6.07, 6.45) is 0. The van der Waals surface area contributed by atoms with Crippen LogP contribution >= 0.6 is 0 Å². The van der Waals surface area contributed by atoms with Crippen LogP contribution in [0.15, 0.2) is 51.7 Å². The first-order chi connectivity index (χ1) is 12.3. The van der Waals surface area contributed by atoms with E-state index in [9.17, 15) is 14.4 Å². The van der Waals surface area contributed by atoms with Crippen LogP contribution in [0.3, 0.4) is 0 Å². The molecule has 0 saturated carbocycles. The molecule has 0 unspecified atom stereocenters. The standard InChI is InChI=1S/C20H16O6/c1-11-17-9-8-16(25-13(3)22)10-18(17)26-20(23)19(11)14-4-6-15(7-5-14)24-12(2)21/h4-10H,1-3H3. The predicted octanol–water partition coefficient (Wildman–Crippen LogP) is 3.62. The van der Waals surface area contributed by atoms with Crippen molar-refractivity contribution >= 4 is 22.9 Å². The van der Waals surface area contributed by atoms with Crippen LogP contribution in [0.4, 0.5) is 0 Å². The molecule has 0 bridgehead atoms. The van der Waals surface area contributed by atoms with Gasteiger partial charge in [-0.25, -0.2) is 4.79 Å². The Kier molecular flexibility index (Phi) is 4.58. The fourth-order valence-electron chi connectivity index (χ4n) is 2.75. The molecular formula is C20H16O6. The average molecular weight is 352 g/mol. The Hall–Kier alpha value is -3.41. The van der Waals surface area contributed by atoms with E-state index in [4.69, 9.17) is 13.9 Å². The van der Waals surface area contributed by atoms with Gasteiger partial charge in [0.25, 0.3) is 0 Å². The molecule has 6 nitrogen and oxygen atoms in total. The minimum atomic E-state index is -0.504. The van der Waals surface area contributed by atoms with Gasteiger partial charge in [-0.05, 0) is 42.3 Å². The summed E-state index contributed by atoms with van der Waals surface area (Å²) in [4.78, 5) is 34.6. The van der Waals surface area contributed by atoms with Gasteiger partial charge in [0.05, 0.1) is 5.56 Å². The summed E-state index contributed by atoms with van der Waals surface area (Å²) in [6.45, 7) is 4.44. The molecule has 0 spiro atoms. The molecule has 0 aliphatic carbocycles. The number of hydrogen-bond acceptors (Lipinski definition) is 6. The maximum Gasteiger partial charge on any atom is 0.344 e. The summed E-state index contributed by atoms with van der Waals surface area (Å²) in [5, 5.41) is 0.736. The van der Waals surface area contributed by atoms with Crippen LogP contribution in [0, 0.1) is 6.92 Å². The van der Waals surface area contributed by atoms with Crippen molar-refractivity contribution in [3.63, 3.8) is 0 Å². The molecule has 0 aliphatic rings. The lowest BCUT2D eigenvalue weighted by Crippen LogP contribution is -2.07. The Morgan fingerprint density at radius 1 is 0.885 bits per heavy atom. The van der Waals surface area contributed by atoms with Crippen LogP contribution in [0.2, 0.25) is 0 Å². The smallest absolute Gasteiger partial charge is 0.344 e. The van der Waals surface area contributed by atoms with Crippen molar-refractivity contribution in [1.29, 1.82) is 0 Å². The molecule has 0 atom stereocenters. The molecule has 0 N–H and O–H groups in total. The molecule has 26 heavy (non-hydrogen) atoms. The summed E-state index contributed by atoms with van der Waals surface area (Å²) in [5.74, 6) is -0.156. The largest absolute Gasteiger partial charge is 0.427 e. The van der Waals surface area contributed by atoms with Crippen molar-refractivity contribution in [3.8, 4) is 22.6 Å². The summed E-state index contributed by atoms with van der Waals surface area (Å²) < 4.78 is 15.4. The first kappa shape index (κ1) is 17.4. The molecule has 6 heteroatoms. The van der Waals surface area contributed by atoms with Gasteiger partial charge in [-0.15, -0.1) is 0 Å². The molecule has 0 radical (unpaired) electrons. The molecule has 3 rings (SSSR count). The first-order valence-electron chi connectivity index (χ1n) is 7.90. The van der Waals surface area contributed by atoms with E-state index >= 15 is 0 Å². The highest BCUT2D eigenvalue weighted by Crippen LogP contribution is 2.29. The third-order valence-electron chi connectivity index (χ3n) is 3.81. The SMILES string of the molecule is CC(=O)Oc1ccc(-c2c(C)c3ccc(OC(C)=O)cc3oc2=O)cc1. The lowest BCUT2D eigenvalue weighted by molar-refractivity contribution is -0.132. The van der Waals surface area contributed by atoms with E-state index in [-0.39, 0.29) is 0 Å². The van der Waals surface area contributed by atoms with E-state index in [1.165, 1.54) is 19.9 Å². The highest BCUT2D eigenvalue weighted by atomic mass is 16.5. The van der Waals surface area contributed by atoms with Gasteiger partial charge in [0, 0.05) is 25.3 Å². The summed E-state index contributed by atoms with van der Waals surface area (Å²) >= 11 is 0. The van der Waals surface area contributed by atoms with Gasteiger partial charge in [0.2, 0.25) is 0 Å². The van der Waals surface area contributed by atoms with Crippen LogP contribution in [0.1, 0.15) is 19.4 Å². The quantitative estimate of drug-likeness (QED) is 0.407. The molecule has 1 heterocycles. The second kappa shape index (κ2) is 6.84. The first-order valence-corrected chi connectivity index (χ1v) is 7.90. The van der Waals surface area contributed by atoms with Gasteiger partial charge in [0.15, 0.2) is 0 Å². The Morgan fingerprint density at radius 3 is 2.08 bits per heavy atom. The van der Waals surface area contributed by atoms with E-state index in [2.05, 4.69) is 0 Å². The molecule has 132 valence electrons. The summed E-state index contributed by atoms with van der Waals surface area (Å²) in [6, 6.07) is 11.5. The number of benzene rings is 2. The van der Waals surface area contributed by atoms with E-state index in [0.717, 1.165) is 10.9 Å². The number of ether oxygens (including phenoxy) is 2. The number of esters is 2. The molecule has 0 aliphatic heterocycles. The van der Waals surface area contributed by atoms with Gasteiger partial charge >= 0.3 is 17.6 Å². The molecule has 1 aromatic heterocycles. The van der Waals surface area contributed by atoms with Gasteiger partial charge in [-0.1, -0.05) is 12.1 Å². The van der Waals surface area contributed by atoms with Gasteiger partial charge in [-0.2, -0.15) is 0 Å². The van der Waals surface area contributed by atoms with Gasteiger partial charge < -0.3 is 13.9 Å². The van der Waals surface area contributed by atoms with E-state index in [1.54, 1.807) is 36.4 Å². The summed E-state index contributed by atoms with van der Waals surface area (Å²) in [5.41, 5.74) is 1.65. The zero-order chi connectivity index (χ0) is 18.8. The topological polar surface area (TPSA) is 82.8 Å². The Morgan fingerprint density at radius 2 is 1.46 bits per heavy atom. The fourth-order valence-corrected chi connectivity index (χ4v) is 2.75. The van der Waals surface area contributed by atoms with E-state index < -0.39 is 17.6 Å². The second-order valence-corrected chi connectivity index (χ2v) is 5.76. The number of carbonyl (C=O) groups is 2. The average Bonchev–Trinajstić information content (AvgIpc) is 2.55. The highest BCUT2D eigenvalue weighted by Gasteiger charge is 2.14. The summed E-state index contributed by atoms with van der Waals surface area (Å²) in [7, 11) is 0. The number of hydrogen-bond donors (Lipinski definition) is 0. The Bertz CT molecular complexity index is 1060. The zero-order valence-electron chi connectivity index (χ0n) is 14.5. The highest BCUT2D eigenvalue weighted by molar-refractivity contribution is 5.88. The van der Waals surface area contributed by atoms with Crippen molar-refractivity contribution in [3.05, 3.63) is 58.4 Å². The van der Waals surface area contributed by atoms with Crippen LogP contribution in [-0.2, 0) is 9.59 Å². The molecule has 3 aromatic rings. The lowest BCUT2D eigenvalue weighted by atomic mass is 9.99. The zero-order valence-corrected chi connectivity index (χ0v) is 14.5. The molecule has 0 fully saturated rings. The third kappa shape index (κ3) is 3.49. The monoisotopic (exact) mass is 352 g/mol. The van der Waals surface area contributed by atoms with Crippen molar-refractivity contribution < 1.29 is 23.5 Å². The Balaban J connectivity index is 2.08. The second-order valence-electron chi connectivity index (χ2n) is 5.76.